The molecule has 168 valence electrons. The number of nitrogens with one attached hydrogen (secondary N) is 2. The third-order valence-corrected chi connectivity index (χ3v) is 5.17. The zero-order chi connectivity index (χ0) is 23.4. The van der Waals surface area contributed by atoms with Crippen molar-refractivity contribution in [2.75, 3.05) is 39.0 Å². The average molecular weight is 444 g/mol. The van der Waals surface area contributed by atoms with Crippen molar-refractivity contribution < 1.29 is 19.0 Å². The molecule has 0 radical (unpaired) electrons. The van der Waals surface area contributed by atoms with Gasteiger partial charge in [-0.15, -0.1) is 0 Å². The second-order valence-corrected chi connectivity index (χ2v) is 7.11. The molecule has 4 aromatic rings. The Kier molecular flexibility index (Phi) is 6.26. The molecule has 0 saturated heterocycles. The molecule has 0 aliphatic carbocycles. The number of benzene rings is 3. The van der Waals surface area contributed by atoms with E-state index in [9.17, 15) is 4.79 Å². The van der Waals surface area contributed by atoms with Crippen molar-refractivity contribution in [2.24, 2.45) is 0 Å². The van der Waals surface area contributed by atoms with Crippen LogP contribution in [0.3, 0.4) is 0 Å². The predicted octanol–water partition coefficient (Wildman–Crippen LogP) is 4.62. The van der Waals surface area contributed by atoms with Gasteiger partial charge < -0.3 is 24.8 Å². The standard InChI is InChI=1S/C25H24N4O4/c1-26-25-28-19-14-22(33-4)21(32-3)13-18(19)23(29-25)15-8-7-9-16(12-15)27-24(30)17-10-5-6-11-20(17)31-2/h5-14H,1-4H3,(H,27,30)(H,26,28,29). The van der Waals surface area contributed by atoms with Crippen molar-refractivity contribution in [3.63, 3.8) is 0 Å². The van der Waals surface area contributed by atoms with E-state index in [1.54, 1.807) is 39.5 Å². The number of fused-ring (bicyclic) bond motifs is 1. The summed E-state index contributed by atoms with van der Waals surface area (Å²) < 4.78 is 16.2. The summed E-state index contributed by atoms with van der Waals surface area (Å²) in [5.74, 6) is 1.86. The molecule has 3 aromatic carbocycles. The van der Waals surface area contributed by atoms with E-state index >= 15 is 0 Å². The lowest BCUT2D eigenvalue weighted by Gasteiger charge is -2.14. The molecule has 0 spiro atoms. The summed E-state index contributed by atoms with van der Waals surface area (Å²) >= 11 is 0. The zero-order valence-corrected chi connectivity index (χ0v) is 18.8. The molecule has 0 bridgehead atoms. The van der Waals surface area contributed by atoms with Crippen molar-refractivity contribution >= 4 is 28.4 Å². The van der Waals surface area contributed by atoms with Crippen molar-refractivity contribution in [2.45, 2.75) is 0 Å². The van der Waals surface area contributed by atoms with Crippen LogP contribution in [-0.4, -0.2) is 44.3 Å². The molecule has 0 saturated carbocycles. The monoisotopic (exact) mass is 444 g/mol. The van der Waals surface area contributed by atoms with Gasteiger partial charge in [0.2, 0.25) is 5.95 Å². The van der Waals surface area contributed by atoms with Crippen LogP contribution in [0.2, 0.25) is 0 Å². The van der Waals surface area contributed by atoms with Gasteiger partial charge in [-0.3, -0.25) is 4.79 Å². The number of ether oxygens (including phenoxy) is 3. The minimum atomic E-state index is -0.264. The highest BCUT2D eigenvalue weighted by Crippen LogP contribution is 2.36. The fourth-order valence-corrected chi connectivity index (χ4v) is 3.56. The molecule has 0 aliphatic rings. The first-order chi connectivity index (χ1) is 16.1. The van der Waals surface area contributed by atoms with Crippen LogP contribution in [0.15, 0.2) is 60.7 Å². The molecule has 1 amide bonds. The molecular formula is C25H24N4O4. The summed E-state index contributed by atoms with van der Waals surface area (Å²) in [4.78, 5) is 22.1. The molecule has 33 heavy (non-hydrogen) atoms. The van der Waals surface area contributed by atoms with Gasteiger partial charge in [0.25, 0.3) is 5.91 Å². The minimum absolute atomic E-state index is 0.264. The molecule has 8 heteroatoms. The Balaban J connectivity index is 1.77. The van der Waals surface area contributed by atoms with Gasteiger partial charge in [0.1, 0.15) is 5.75 Å². The van der Waals surface area contributed by atoms with E-state index in [-0.39, 0.29) is 5.91 Å². The Morgan fingerprint density at radius 1 is 0.818 bits per heavy atom. The number of aromatic nitrogens is 2. The van der Waals surface area contributed by atoms with Crippen molar-refractivity contribution in [1.82, 2.24) is 9.97 Å². The number of carbonyl (C=O) groups excluding carboxylic acids is 1. The van der Waals surface area contributed by atoms with Crippen LogP contribution in [0, 0.1) is 0 Å². The lowest BCUT2D eigenvalue weighted by Crippen LogP contribution is -2.13. The molecular weight excluding hydrogens is 420 g/mol. The Morgan fingerprint density at radius 2 is 1.55 bits per heavy atom. The van der Waals surface area contributed by atoms with Gasteiger partial charge in [-0.05, 0) is 30.3 Å². The third kappa shape index (κ3) is 4.36. The number of methoxy groups -OCH3 is 3. The first kappa shape index (κ1) is 21.9. The molecule has 1 heterocycles. The van der Waals surface area contributed by atoms with E-state index in [0.717, 1.165) is 10.9 Å². The van der Waals surface area contributed by atoms with E-state index in [2.05, 4.69) is 20.6 Å². The highest BCUT2D eigenvalue weighted by Gasteiger charge is 2.16. The number of carbonyl (C=O) groups is 1. The normalized spacial score (nSPS) is 10.5. The van der Waals surface area contributed by atoms with Gasteiger partial charge in [0.05, 0.1) is 38.1 Å². The van der Waals surface area contributed by atoms with E-state index in [1.165, 1.54) is 7.11 Å². The first-order valence-corrected chi connectivity index (χ1v) is 10.2. The zero-order valence-electron chi connectivity index (χ0n) is 18.8. The quantitative estimate of drug-likeness (QED) is 0.430. The Bertz CT molecular complexity index is 1320. The van der Waals surface area contributed by atoms with Crippen LogP contribution in [0.25, 0.3) is 22.2 Å². The number of hydrogen-bond acceptors (Lipinski definition) is 7. The van der Waals surface area contributed by atoms with E-state index in [0.29, 0.717) is 45.7 Å². The van der Waals surface area contributed by atoms with Crippen LogP contribution in [0.4, 0.5) is 11.6 Å². The summed E-state index contributed by atoms with van der Waals surface area (Å²) in [7, 11) is 6.46. The third-order valence-electron chi connectivity index (χ3n) is 5.17. The summed E-state index contributed by atoms with van der Waals surface area (Å²) in [5.41, 5.74) is 3.28. The van der Waals surface area contributed by atoms with Gasteiger partial charge in [0, 0.05) is 29.8 Å². The minimum Gasteiger partial charge on any atom is -0.496 e. The summed E-state index contributed by atoms with van der Waals surface area (Å²) in [6.07, 6.45) is 0. The topological polar surface area (TPSA) is 94.6 Å². The van der Waals surface area contributed by atoms with Gasteiger partial charge in [-0.2, -0.15) is 0 Å². The number of amides is 1. The largest absolute Gasteiger partial charge is 0.496 e. The lowest BCUT2D eigenvalue weighted by atomic mass is 10.0. The van der Waals surface area contributed by atoms with Gasteiger partial charge in [0.15, 0.2) is 11.5 Å². The van der Waals surface area contributed by atoms with Crippen LogP contribution in [0.5, 0.6) is 17.2 Å². The van der Waals surface area contributed by atoms with Crippen LogP contribution < -0.4 is 24.8 Å². The Hall–Kier alpha value is -4.33. The fraction of sp³-hybridized carbons (Fsp3) is 0.160. The number of nitrogens with zero attached hydrogens (tertiary/aromatic N) is 2. The maximum absolute atomic E-state index is 12.9. The second-order valence-electron chi connectivity index (χ2n) is 7.11. The Labute approximate surface area is 191 Å². The van der Waals surface area contributed by atoms with Crippen molar-refractivity contribution in [1.29, 1.82) is 0 Å². The molecule has 1 aromatic heterocycles. The SMILES string of the molecule is CNc1nc(-c2cccc(NC(=O)c3ccccc3OC)c2)c2cc(OC)c(OC)cc2n1. The average Bonchev–Trinajstić information content (AvgIpc) is 2.87. The van der Waals surface area contributed by atoms with E-state index in [1.807, 2.05) is 42.5 Å². The lowest BCUT2D eigenvalue weighted by molar-refractivity contribution is 0.102. The fourth-order valence-electron chi connectivity index (χ4n) is 3.56. The predicted molar refractivity (Wildman–Crippen MR) is 129 cm³/mol. The van der Waals surface area contributed by atoms with Crippen molar-refractivity contribution in [3.05, 3.63) is 66.2 Å². The molecule has 0 atom stereocenters. The molecule has 0 aliphatic heterocycles. The highest BCUT2D eigenvalue weighted by molar-refractivity contribution is 6.06. The highest BCUT2D eigenvalue weighted by atomic mass is 16.5. The maximum atomic E-state index is 12.9. The smallest absolute Gasteiger partial charge is 0.259 e. The van der Waals surface area contributed by atoms with Crippen LogP contribution in [-0.2, 0) is 0 Å². The molecule has 4 rings (SSSR count). The van der Waals surface area contributed by atoms with Gasteiger partial charge >= 0.3 is 0 Å². The Morgan fingerprint density at radius 3 is 2.27 bits per heavy atom. The number of para-hydroxylation sites is 1. The summed E-state index contributed by atoms with van der Waals surface area (Å²) in [6, 6.07) is 18.2. The molecule has 0 fully saturated rings. The number of hydrogen-bond donors (Lipinski definition) is 2. The van der Waals surface area contributed by atoms with E-state index in [4.69, 9.17) is 14.2 Å². The van der Waals surface area contributed by atoms with Crippen LogP contribution >= 0.6 is 0 Å². The maximum Gasteiger partial charge on any atom is 0.259 e. The molecule has 0 unspecified atom stereocenters. The first-order valence-electron chi connectivity index (χ1n) is 10.2. The van der Waals surface area contributed by atoms with E-state index < -0.39 is 0 Å². The number of rotatable bonds is 7. The number of anilines is 2. The summed E-state index contributed by atoms with van der Waals surface area (Å²) in [5, 5.41) is 6.73. The van der Waals surface area contributed by atoms with Crippen molar-refractivity contribution in [3.8, 4) is 28.5 Å². The van der Waals surface area contributed by atoms with Gasteiger partial charge in [-0.1, -0.05) is 24.3 Å². The second kappa shape index (κ2) is 9.44. The summed E-state index contributed by atoms with van der Waals surface area (Å²) in [6.45, 7) is 0. The van der Waals surface area contributed by atoms with Gasteiger partial charge in [-0.25, -0.2) is 9.97 Å². The molecule has 2 N–H and O–H groups in total. The van der Waals surface area contributed by atoms with Crippen LogP contribution in [0.1, 0.15) is 10.4 Å². The molecule has 8 nitrogen and oxygen atoms in total.